The normalized spacial score (nSPS) is 16.7. The van der Waals surface area contributed by atoms with Gasteiger partial charge in [0.1, 0.15) is 5.75 Å². The Morgan fingerprint density at radius 1 is 1.29 bits per heavy atom. The molecule has 1 unspecified atom stereocenters. The molecule has 0 spiro atoms. The fourth-order valence-corrected chi connectivity index (χ4v) is 2.14. The van der Waals surface area contributed by atoms with Crippen molar-refractivity contribution in [3.8, 4) is 5.75 Å². The molecule has 76 valence electrons. The van der Waals surface area contributed by atoms with Gasteiger partial charge in [-0.2, -0.15) is 0 Å². The average molecular weight is 192 g/mol. The molecular weight excluding hydrogens is 176 g/mol. The molecule has 1 aliphatic rings. The Morgan fingerprint density at radius 2 is 1.93 bits per heavy atom. The number of phenols is 1. The highest BCUT2D eigenvalue weighted by Gasteiger charge is 2.14. The first-order valence-electron chi connectivity index (χ1n) is 5.18. The zero-order valence-electron chi connectivity index (χ0n) is 8.45. The predicted octanol–water partition coefficient (Wildman–Crippen LogP) is 1.80. The number of aliphatic hydroxyl groups excluding tert-OH is 1. The van der Waals surface area contributed by atoms with Gasteiger partial charge in [0.05, 0.1) is 6.10 Å². The molecule has 14 heavy (non-hydrogen) atoms. The average Bonchev–Trinajstić information content (AvgIpc) is 2.51. The third-order valence-electron chi connectivity index (χ3n) is 2.81. The van der Waals surface area contributed by atoms with Crippen LogP contribution in [-0.2, 0) is 19.3 Å². The van der Waals surface area contributed by atoms with Gasteiger partial charge < -0.3 is 10.2 Å². The molecule has 2 N–H and O–H groups in total. The van der Waals surface area contributed by atoms with E-state index in [1.165, 1.54) is 17.5 Å². The molecule has 0 saturated heterocycles. The third kappa shape index (κ3) is 1.75. The first-order chi connectivity index (χ1) is 6.66. The molecule has 0 aromatic heterocycles. The Hall–Kier alpha value is -1.02. The van der Waals surface area contributed by atoms with Gasteiger partial charge in [0, 0.05) is 6.42 Å². The summed E-state index contributed by atoms with van der Waals surface area (Å²) in [6.45, 7) is 1.74. The lowest BCUT2D eigenvalue weighted by Gasteiger charge is -2.09. The van der Waals surface area contributed by atoms with Gasteiger partial charge >= 0.3 is 0 Å². The molecule has 0 bridgehead atoms. The van der Waals surface area contributed by atoms with Crippen molar-refractivity contribution in [2.75, 3.05) is 0 Å². The monoisotopic (exact) mass is 192 g/mol. The molecule has 1 aromatic rings. The van der Waals surface area contributed by atoms with Crippen LogP contribution < -0.4 is 0 Å². The molecule has 0 aliphatic heterocycles. The fourth-order valence-electron chi connectivity index (χ4n) is 2.14. The summed E-state index contributed by atoms with van der Waals surface area (Å²) in [5, 5.41) is 19.0. The summed E-state index contributed by atoms with van der Waals surface area (Å²) in [7, 11) is 0. The molecule has 1 aliphatic carbocycles. The molecule has 2 heteroatoms. The minimum absolute atomic E-state index is 0.339. The van der Waals surface area contributed by atoms with E-state index in [0.29, 0.717) is 12.2 Å². The summed E-state index contributed by atoms with van der Waals surface area (Å²) in [6, 6.07) is 3.91. The molecule has 0 saturated carbocycles. The number of hydrogen-bond acceptors (Lipinski definition) is 2. The van der Waals surface area contributed by atoms with Crippen molar-refractivity contribution in [3.05, 3.63) is 28.8 Å². The van der Waals surface area contributed by atoms with Crippen LogP contribution in [0.15, 0.2) is 12.1 Å². The van der Waals surface area contributed by atoms with E-state index in [9.17, 15) is 10.2 Å². The maximum absolute atomic E-state index is 9.71. The minimum Gasteiger partial charge on any atom is -0.508 e. The maximum Gasteiger partial charge on any atom is 0.119 e. The largest absolute Gasteiger partial charge is 0.508 e. The number of aromatic hydroxyl groups is 1. The summed E-state index contributed by atoms with van der Waals surface area (Å²) in [5.74, 6) is 0.339. The molecule has 0 radical (unpaired) electrons. The van der Waals surface area contributed by atoms with Crippen molar-refractivity contribution in [2.45, 2.75) is 38.7 Å². The van der Waals surface area contributed by atoms with Crippen LogP contribution in [-0.4, -0.2) is 16.3 Å². The van der Waals surface area contributed by atoms with E-state index in [0.717, 1.165) is 18.4 Å². The molecule has 1 atom stereocenters. The van der Waals surface area contributed by atoms with Gasteiger partial charge in [-0.3, -0.25) is 0 Å². The van der Waals surface area contributed by atoms with E-state index in [4.69, 9.17) is 0 Å². The van der Waals surface area contributed by atoms with Gasteiger partial charge in [-0.05, 0) is 48.9 Å². The van der Waals surface area contributed by atoms with Crippen LogP contribution in [0.2, 0.25) is 0 Å². The molecular formula is C12H16O2. The molecule has 2 nitrogen and oxygen atoms in total. The van der Waals surface area contributed by atoms with Crippen LogP contribution in [0, 0.1) is 0 Å². The summed E-state index contributed by atoms with van der Waals surface area (Å²) in [4.78, 5) is 0. The second kappa shape index (κ2) is 3.62. The van der Waals surface area contributed by atoms with Crippen LogP contribution in [0.1, 0.15) is 30.0 Å². The van der Waals surface area contributed by atoms with Crippen molar-refractivity contribution < 1.29 is 10.2 Å². The van der Waals surface area contributed by atoms with Gasteiger partial charge in [-0.15, -0.1) is 0 Å². The van der Waals surface area contributed by atoms with Crippen LogP contribution in [0.3, 0.4) is 0 Å². The van der Waals surface area contributed by atoms with Crippen molar-refractivity contribution in [3.63, 3.8) is 0 Å². The molecule has 2 rings (SSSR count). The Balaban J connectivity index is 2.32. The topological polar surface area (TPSA) is 40.5 Å². The summed E-state index contributed by atoms with van der Waals surface area (Å²) in [5.41, 5.74) is 3.50. The lowest BCUT2D eigenvalue weighted by molar-refractivity contribution is 0.194. The Bertz CT molecular complexity index is 342. The first-order valence-corrected chi connectivity index (χ1v) is 5.18. The van der Waals surface area contributed by atoms with Gasteiger partial charge in [0.2, 0.25) is 0 Å². The highest BCUT2D eigenvalue weighted by Crippen LogP contribution is 2.29. The summed E-state index contributed by atoms with van der Waals surface area (Å²) >= 11 is 0. The Morgan fingerprint density at radius 3 is 2.57 bits per heavy atom. The van der Waals surface area contributed by atoms with Gasteiger partial charge in [-0.1, -0.05) is 6.07 Å². The van der Waals surface area contributed by atoms with E-state index in [-0.39, 0.29) is 6.10 Å². The standard InChI is InChI=1S/C12H16O2/c1-8(13)5-11-6-9-3-2-4-10(9)7-12(11)14/h6-8,13-14H,2-5H2,1H3. The minimum atomic E-state index is -0.389. The SMILES string of the molecule is CC(O)Cc1cc2c(cc1O)CCC2. The van der Waals surface area contributed by atoms with E-state index in [1.807, 2.05) is 12.1 Å². The van der Waals surface area contributed by atoms with Crippen LogP contribution in [0.25, 0.3) is 0 Å². The van der Waals surface area contributed by atoms with E-state index in [2.05, 4.69) is 0 Å². The predicted molar refractivity (Wildman–Crippen MR) is 55.5 cm³/mol. The van der Waals surface area contributed by atoms with Crippen LogP contribution in [0.5, 0.6) is 5.75 Å². The van der Waals surface area contributed by atoms with Crippen molar-refractivity contribution >= 4 is 0 Å². The number of aliphatic hydroxyl groups is 1. The van der Waals surface area contributed by atoms with Gasteiger partial charge in [0.25, 0.3) is 0 Å². The number of phenolic OH excluding ortho intramolecular Hbond substituents is 1. The smallest absolute Gasteiger partial charge is 0.119 e. The maximum atomic E-state index is 9.71. The van der Waals surface area contributed by atoms with E-state index < -0.39 is 0 Å². The summed E-state index contributed by atoms with van der Waals surface area (Å²) in [6.07, 6.45) is 3.53. The molecule has 1 aromatic carbocycles. The number of fused-ring (bicyclic) bond motifs is 1. The summed E-state index contributed by atoms with van der Waals surface area (Å²) < 4.78 is 0. The van der Waals surface area contributed by atoms with E-state index in [1.54, 1.807) is 6.92 Å². The third-order valence-corrected chi connectivity index (χ3v) is 2.81. The number of hydrogen-bond donors (Lipinski definition) is 2. The Kier molecular flexibility index (Phi) is 2.46. The van der Waals surface area contributed by atoms with Crippen LogP contribution >= 0.6 is 0 Å². The second-order valence-electron chi connectivity index (χ2n) is 4.16. The highest BCUT2D eigenvalue weighted by molar-refractivity contribution is 5.44. The lowest BCUT2D eigenvalue weighted by atomic mass is 10.0. The lowest BCUT2D eigenvalue weighted by Crippen LogP contribution is -2.05. The molecule has 0 fully saturated rings. The van der Waals surface area contributed by atoms with E-state index >= 15 is 0 Å². The Labute approximate surface area is 84.2 Å². The zero-order chi connectivity index (χ0) is 10.1. The number of rotatable bonds is 2. The quantitative estimate of drug-likeness (QED) is 0.750. The number of aryl methyl sites for hydroxylation is 2. The zero-order valence-corrected chi connectivity index (χ0v) is 8.45. The fraction of sp³-hybridized carbons (Fsp3) is 0.500. The van der Waals surface area contributed by atoms with Crippen molar-refractivity contribution in [2.24, 2.45) is 0 Å². The van der Waals surface area contributed by atoms with Crippen LogP contribution in [0.4, 0.5) is 0 Å². The van der Waals surface area contributed by atoms with Gasteiger partial charge in [-0.25, -0.2) is 0 Å². The van der Waals surface area contributed by atoms with Crippen molar-refractivity contribution in [1.29, 1.82) is 0 Å². The highest BCUT2D eigenvalue weighted by atomic mass is 16.3. The second-order valence-corrected chi connectivity index (χ2v) is 4.16. The molecule has 0 heterocycles. The first kappa shape index (κ1) is 9.53. The number of benzene rings is 1. The molecule has 0 amide bonds. The van der Waals surface area contributed by atoms with Crippen molar-refractivity contribution in [1.82, 2.24) is 0 Å². The van der Waals surface area contributed by atoms with Gasteiger partial charge in [0.15, 0.2) is 0 Å².